The minimum atomic E-state index is 0.381. The normalized spacial score (nSPS) is 11.0. The highest BCUT2D eigenvalue weighted by Crippen LogP contribution is 2.23. The van der Waals surface area contributed by atoms with E-state index >= 15 is 0 Å². The van der Waals surface area contributed by atoms with E-state index in [1.54, 1.807) is 22.0 Å². The van der Waals surface area contributed by atoms with E-state index in [2.05, 4.69) is 20.2 Å². The Morgan fingerprint density at radius 1 is 0.741 bits per heavy atom. The van der Waals surface area contributed by atoms with Gasteiger partial charge in [0.1, 0.15) is 25.3 Å². The molecule has 0 aliphatic carbocycles. The summed E-state index contributed by atoms with van der Waals surface area (Å²) in [5.41, 5.74) is 3.54. The van der Waals surface area contributed by atoms with Gasteiger partial charge in [-0.05, 0) is 24.3 Å². The van der Waals surface area contributed by atoms with Crippen LogP contribution in [0.15, 0.2) is 61.7 Å². The zero-order valence-corrected chi connectivity index (χ0v) is 15.5. The van der Waals surface area contributed by atoms with Crippen LogP contribution in [-0.2, 0) is 18.0 Å². The van der Waals surface area contributed by atoms with Crippen LogP contribution in [-0.4, -0.2) is 29.5 Å². The lowest BCUT2D eigenvalue weighted by molar-refractivity contribution is 0.107. The van der Waals surface area contributed by atoms with E-state index in [0.717, 1.165) is 22.5 Å². The molecule has 0 fully saturated rings. The maximum Gasteiger partial charge on any atom is 0.138 e. The van der Waals surface area contributed by atoms with Crippen molar-refractivity contribution < 1.29 is 4.74 Å². The number of halogens is 2. The monoisotopic (exact) mass is 400 g/mol. The molecule has 2 aromatic heterocycles. The molecule has 0 aliphatic heterocycles. The van der Waals surface area contributed by atoms with Crippen molar-refractivity contribution in [3.8, 4) is 11.4 Å². The molecule has 0 spiro atoms. The van der Waals surface area contributed by atoms with Gasteiger partial charge in [0.15, 0.2) is 0 Å². The maximum atomic E-state index is 6.13. The lowest BCUT2D eigenvalue weighted by Gasteiger charge is -2.13. The van der Waals surface area contributed by atoms with E-state index in [4.69, 9.17) is 27.9 Å². The molecule has 2 heterocycles. The number of hydrogen-bond donors (Lipinski definition) is 0. The molecular weight excluding hydrogens is 387 g/mol. The Morgan fingerprint density at radius 3 is 1.63 bits per heavy atom. The minimum Gasteiger partial charge on any atom is -0.372 e. The summed E-state index contributed by atoms with van der Waals surface area (Å²) in [5.74, 6) is 0. The molecule has 4 rings (SSSR count). The van der Waals surface area contributed by atoms with Crippen molar-refractivity contribution in [2.24, 2.45) is 0 Å². The molecule has 0 N–H and O–H groups in total. The highest BCUT2D eigenvalue weighted by atomic mass is 35.5. The first-order chi connectivity index (χ1) is 13.2. The Morgan fingerprint density at radius 2 is 1.22 bits per heavy atom. The van der Waals surface area contributed by atoms with E-state index < -0.39 is 0 Å². The second kappa shape index (κ2) is 7.87. The van der Waals surface area contributed by atoms with Gasteiger partial charge in [-0.2, -0.15) is 10.2 Å². The summed E-state index contributed by atoms with van der Waals surface area (Å²) in [7, 11) is 0. The molecule has 2 aromatic carbocycles. The standard InChI is InChI=1S/C18H14Cl2N6O/c19-15-3-1-13(17(5-15)25-11-21-9-23-25)7-27-8-14-2-4-16(20)6-18(14)26-12-22-10-24-26/h1-6,9-12H,7-8H2. The van der Waals surface area contributed by atoms with Crippen LogP contribution in [0.4, 0.5) is 0 Å². The fourth-order valence-corrected chi connectivity index (χ4v) is 3.01. The first-order valence-corrected chi connectivity index (χ1v) is 8.81. The van der Waals surface area contributed by atoms with Crippen LogP contribution in [0, 0.1) is 0 Å². The number of benzene rings is 2. The summed E-state index contributed by atoms with van der Waals surface area (Å²) in [6, 6.07) is 11.1. The van der Waals surface area contributed by atoms with Crippen LogP contribution in [0.25, 0.3) is 11.4 Å². The van der Waals surface area contributed by atoms with Crippen molar-refractivity contribution in [3.05, 3.63) is 82.9 Å². The molecule has 0 aliphatic rings. The predicted octanol–water partition coefficient (Wildman–Crippen LogP) is 3.87. The van der Waals surface area contributed by atoms with E-state index in [1.807, 2.05) is 36.4 Å². The predicted molar refractivity (Wildman–Crippen MR) is 101 cm³/mol. The van der Waals surface area contributed by atoms with Gasteiger partial charge in [-0.1, -0.05) is 35.3 Å². The Hall–Kier alpha value is -2.74. The molecule has 4 aromatic rings. The Balaban J connectivity index is 1.53. The third-order valence-electron chi connectivity index (χ3n) is 3.94. The molecule has 0 amide bonds. The number of nitrogens with zero attached hydrogens (tertiary/aromatic N) is 6. The van der Waals surface area contributed by atoms with Gasteiger partial charge in [0.25, 0.3) is 0 Å². The third-order valence-corrected chi connectivity index (χ3v) is 4.41. The average Bonchev–Trinajstić information content (AvgIpc) is 3.38. The van der Waals surface area contributed by atoms with Crippen LogP contribution >= 0.6 is 23.2 Å². The second-order valence-corrected chi connectivity index (χ2v) is 6.59. The van der Waals surface area contributed by atoms with Crippen molar-refractivity contribution >= 4 is 23.2 Å². The largest absolute Gasteiger partial charge is 0.372 e. The molecule has 0 saturated heterocycles. The third kappa shape index (κ3) is 4.00. The fraction of sp³-hybridized carbons (Fsp3) is 0.111. The van der Waals surface area contributed by atoms with Crippen molar-refractivity contribution in [1.82, 2.24) is 29.5 Å². The quantitative estimate of drug-likeness (QED) is 0.491. The van der Waals surface area contributed by atoms with Crippen molar-refractivity contribution in [2.75, 3.05) is 0 Å². The number of aromatic nitrogens is 6. The summed E-state index contributed by atoms with van der Waals surface area (Å²) < 4.78 is 9.27. The fourth-order valence-electron chi connectivity index (χ4n) is 2.68. The van der Waals surface area contributed by atoms with Crippen LogP contribution < -0.4 is 0 Å². The lowest BCUT2D eigenvalue weighted by atomic mass is 10.1. The number of rotatable bonds is 6. The SMILES string of the molecule is Clc1ccc(COCc2ccc(Cl)cc2-n2cncn2)c(-n2cncn2)c1. The summed E-state index contributed by atoms with van der Waals surface area (Å²) in [6.45, 7) is 0.761. The zero-order valence-electron chi connectivity index (χ0n) is 14.0. The highest BCUT2D eigenvalue weighted by Gasteiger charge is 2.10. The van der Waals surface area contributed by atoms with Gasteiger partial charge in [-0.25, -0.2) is 19.3 Å². The van der Waals surface area contributed by atoms with Crippen molar-refractivity contribution in [2.45, 2.75) is 13.2 Å². The van der Waals surface area contributed by atoms with E-state index in [1.165, 1.54) is 12.7 Å². The summed E-state index contributed by atoms with van der Waals surface area (Å²) >= 11 is 12.3. The Labute approximate surface area is 165 Å². The first kappa shape index (κ1) is 17.7. The zero-order chi connectivity index (χ0) is 18.6. The van der Waals surface area contributed by atoms with Crippen LogP contribution in [0.3, 0.4) is 0 Å². The smallest absolute Gasteiger partial charge is 0.138 e. The molecule has 7 nitrogen and oxygen atoms in total. The van der Waals surface area contributed by atoms with Crippen molar-refractivity contribution in [1.29, 1.82) is 0 Å². The summed E-state index contributed by atoms with van der Waals surface area (Å²) in [4.78, 5) is 7.97. The molecule has 27 heavy (non-hydrogen) atoms. The van der Waals surface area contributed by atoms with Crippen LogP contribution in [0.2, 0.25) is 10.0 Å². The molecule has 136 valence electrons. The summed E-state index contributed by atoms with van der Waals surface area (Å²) in [5, 5.41) is 9.58. The van der Waals surface area contributed by atoms with Crippen LogP contribution in [0.1, 0.15) is 11.1 Å². The molecule has 0 bridgehead atoms. The average molecular weight is 401 g/mol. The van der Waals surface area contributed by atoms with Gasteiger partial charge in [0.2, 0.25) is 0 Å². The Bertz CT molecular complexity index is 950. The van der Waals surface area contributed by atoms with Gasteiger partial charge in [0, 0.05) is 21.2 Å². The molecule has 0 saturated carbocycles. The second-order valence-electron chi connectivity index (χ2n) is 5.72. The molecule has 0 atom stereocenters. The van der Waals surface area contributed by atoms with Crippen molar-refractivity contribution in [3.63, 3.8) is 0 Å². The van der Waals surface area contributed by atoms with Gasteiger partial charge < -0.3 is 4.74 Å². The highest BCUT2D eigenvalue weighted by molar-refractivity contribution is 6.31. The van der Waals surface area contributed by atoms with E-state index in [9.17, 15) is 0 Å². The van der Waals surface area contributed by atoms with E-state index in [0.29, 0.717) is 23.3 Å². The first-order valence-electron chi connectivity index (χ1n) is 8.05. The molecular formula is C18H14Cl2N6O. The van der Waals surface area contributed by atoms with Gasteiger partial charge in [0.05, 0.1) is 24.6 Å². The van der Waals surface area contributed by atoms with Gasteiger partial charge >= 0.3 is 0 Å². The van der Waals surface area contributed by atoms with E-state index in [-0.39, 0.29) is 0 Å². The van der Waals surface area contributed by atoms with Gasteiger partial charge in [-0.3, -0.25) is 0 Å². The van der Waals surface area contributed by atoms with Gasteiger partial charge in [-0.15, -0.1) is 0 Å². The topological polar surface area (TPSA) is 70.7 Å². The van der Waals surface area contributed by atoms with Crippen LogP contribution in [0.5, 0.6) is 0 Å². The molecule has 0 unspecified atom stereocenters. The molecule has 0 radical (unpaired) electrons. The number of hydrogen-bond acceptors (Lipinski definition) is 5. The Kier molecular flexibility index (Phi) is 5.15. The molecule has 9 heteroatoms. The minimum absolute atomic E-state index is 0.381. The number of ether oxygens (including phenoxy) is 1. The lowest BCUT2D eigenvalue weighted by Crippen LogP contribution is -2.05. The maximum absolute atomic E-state index is 6.13. The summed E-state index contributed by atoms with van der Waals surface area (Å²) in [6.07, 6.45) is 6.20.